The Bertz CT molecular complexity index is 1200. The van der Waals surface area contributed by atoms with Crippen LogP contribution in [0.2, 0.25) is 0 Å². The van der Waals surface area contributed by atoms with Crippen molar-refractivity contribution in [3.63, 3.8) is 0 Å². The number of carbonyl (C=O) groups excluding carboxylic acids is 4. The summed E-state index contributed by atoms with van der Waals surface area (Å²) in [5.41, 5.74) is 2.74. The maximum Gasteiger partial charge on any atom is 0.308 e. The summed E-state index contributed by atoms with van der Waals surface area (Å²) >= 11 is 0. The third kappa shape index (κ3) is 10.9. The molecule has 0 bridgehead atoms. The first-order valence-electron chi connectivity index (χ1n) is 12.9. The fourth-order valence-corrected chi connectivity index (χ4v) is 3.90. The lowest BCUT2D eigenvalue weighted by molar-refractivity contribution is -0.147. The Balaban J connectivity index is 1.62. The fourth-order valence-electron chi connectivity index (χ4n) is 3.90. The first kappa shape index (κ1) is 29.3. The van der Waals surface area contributed by atoms with E-state index >= 15 is 0 Å². The van der Waals surface area contributed by atoms with E-state index in [4.69, 9.17) is 9.47 Å². The Morgan fingerprint density at radius 1 is 0.692 bits per heavy atom. The van der Waals surface area contributed by atoms with E-state index in [2.05, 4.69) is 10.6 Å². The van der Waals surface area contributed by atoms with Crippen LogP contribution in [0.5, 0.6) is 0 Å². The molecule has 0 saturated carbocycles. The van der Waals surface area contributed by atoms with Gasteiger partial charge in [0.2, 0.25) is 11.8 Å². The molecule has 0 aliphatic heterocycles. The van der Waals surface area contributed by atoms with Gasteiger partial charge in [-0.05, 0) is 29.5 Å². The molecule has 39 heavy (non-hydrogen) atoms. The van der Waals surface area contributed by atoms with Crippen molar-refractivity contribution in [2.24, 2.45) is 0 Å². The molecule has 0 radical (unpaired) electrons. The van der Waals surface area contributed by atoms with E-state index in [0.29, 0.717) is 12.8 Å². The monoisotopic (exact) mass is 530 g/mol. The van der Waals surface area contributed by atoms with Crippen molar-refractivity contribution in [3.05, 3.63) is 108 Å². The van der Waals surface area contributed by atoms with Crippen LogP contribution in [0.4, 0.5) is 0 Å². The molecule has 0 heterocycles. The highest BCUT2D eigenvalue weighted by molar-refractivity contribution is 5.94. The van der Waals surface area contributed by atoms with Crippen molar-refractivity contribution < 1.29 is 28.7 Å². The largest absolute Gasteiger partial charge is 0.461 e. The second-order valence-corrected chi connectivity index (χ2v) is 9.13. The number of Topliss-reactive ketones (excluding diaryl/α,β-unsaturated/α-hetero) is 1. The Morgan fingerprint density at radius 2 is 1.23 bits per heavy atom. The summed E-state index contributed by atoms with van der Waals surface area (Å²) in [6.45, 7) is 1.36. The van der Waals surface area contributed by atoms with Crippen LogP contribution in [0, 0.1) is 0 Å². The van der Waals surface area contributed by atoms with Gasteiger partial charge in [0.05, 0.1) is 19.1 Å². The highest BCUT2D eigenvalue weighted by Gasteiger charge is 2.28. The van der Waals surface area contributed by atoms with E-state index in [1.165, 1.54) is 6.92 Å². The zero-order valence-electron chi connectivity index (χ0n) is 22.0. The van der Waals surface area contributed by atoms with Crippen LogP contribution in [-0.2, 0) is 48.3 Å². The van der Waals surface area contributed by atoms with Gasteiger partial charge < -0.3 is 20.1 Å². The number of rotatable bonds is 15. The SMILES string of the molecule is CC(=O)N[C@@H](CC(=O)OCc1ccccc1)C(=O)NC(CCc1ccccc1)C(=O)COCc1ccccc1. The lowest BCUT2D eigenvalue weighted by Crippen LogP contribution is -2.52. The highest BCUT2D eigenvalue weighted by Crippen LogP contribution is 2.09. The standard InChI is InChI=1S/C31H34N2O6/c1-23(34)32-28(19-30(36)39-21-26-15-9-4-10-16-26)31(37)33-27(18-17-24-11-5-2-6-12-24)29(35)22-38-20-25-13-7-3-8-14-25/h2-16,27-28H,17-22H2,1H3,(H,32,34)(H,33,37)/t27?,28-/m0/s1. The van der Waals surface area contributed by atoms with Gasteiger partial charge in [0, 0.05) is 6.92 Å². The Kier molecular flexibility index (Phi) is 11.9. The average Bonchev–Trinajstić information content (AvgIpc) is 2.95. The lowest BCUT2D eigenvalue weighted by Gasteiger charge is -2.22. The maximum absolute atomic E-state index is 13.2. The van der Waals surface area contributed by atoms with Gasteiger partial charge in [0.15, 0.2) is 5.78 Å². The molecule has 0 spiro atoms. The highest BCUT2D eigenvalue weighted by atomic mass is 16.5. The molecule has 3 rings (SSSR count). The van der Waals surface area contributed by atoms with Gasteiger partial charge in [0.25, 0.3) is 0 Å². The number of ether oxygens (including phenoxy) is 2. The molecule has 8 nitrogen and oxygen atoms in total. The second kappa shape index (κ2) is 15.8. The second-order valence-electron chi connectivity index (χ2n) is 9.13. The number of nitrogens with one attached hydrogen (secondary N) is 2. The van der Waals surface area contributed by atoms with E-state index in [1.54, 1.807) is 0 Å². The molecule has 8 heteroatoms. The molecular formula is C31H34N2O6. The molecule has 3 aromatic carbocycles. The number of carbonyl (C=O) groups is 4. The minimum atomic E-state index is -1.19. The van der Waals surface area contributed by atoms with E-state index in [9.17, 15) is 19.2 Å². The van der Waals surface area contributed by atoms with Crippen LogP contribution in [0.15, 0.2) is 91.0 Å². The van der Waals surface area contributed by atoms with Gasteiger partial charge in [-0.15, -0.1) is 0 Å². The number of hydrogen-bond acceptors (Lipinski definition) is 6. The van der Waals surface area contributed by atoms with Gasteiger partial charge in [-0.25, -0.2) is 0 Å². The molecule has 0 aliphatic carbocycles. The summed E-state index contributed by atoms with van der Waals surface area (Å²) in [7, 11) is 0. The summed E-state index contributed by atoms with van der Waals surface area (Å²) < 4.78 is 10.9. The topological polar surface area (TPSA) is 111 Å². The summed E-state index contributed by atoms with van der Waals surface area (Å²) in [4.78, 5) is 50.6. The molecule has 2 atom stereocenters. The number of amides is 2. The van der Waals surface area contributed by atoms with Crippen molar-refractivity contribution in [2.45, 2.75) is 51.5 Å². The fraction of sp³-hybridized carbons (Fsp3) is 0.290. The molecule has 0 saturated heterocycles. The van der Waals surface area contributed by atoms with Gasteiger partial charge >= 0.3 is 5.97 Å². The van der Waals surface area contributed by atoms with Crippen molar-refractivity contribution in [1.29, 1.82) is 0 Å². The zero-order valence-corrected chi connectivity index (χ0v) is 22.0. The molecule has 0 fully saturated rings. The van der Waals surface area contributed by atoms with E-state index in [1.807, 2.05) is 91.0 Å². The quantitative estimate of drug-likeness (QED) is 0.291. The molecule has 1 unspecified atom stereocenters. The third-order valence-corrected chi connectivity index (χ3v) is 5.93. The number of aryl methyl sites for hydroxylation is 1. The zero-order chi connectivity index (χ0) is 27.9. The van der Waals surface area contributed by atoms with Gasteiger partial charge in [-0.1, -0.05) is 91.0 Å². The molecule has 2 amide bonds. The molecule has 3 aromatic rings. The number of esters is 1. The van der Waals surface area contributed by atoms with Crippen molar-refractivity contribution in [2.75, 3.05) is 6.61 Å². The minimum absolute atomic E-state index is 0.0467. The lowest BCUT2D eigenvalue weighted by atomic mass is 10.0. The molecular weight excluding hydrogens is 496 g/mol. The minimum Gasteiger partial charge on any atom is -0.461 e. The summed E-state index contributed by atoms with van der Waals surface area (Å²) in [5, 5.41) is 5.23. The van der Waals surface area contributed by atoms with Crippen LogP contribution in [0.3, 0.4) is 0 Å². The molecule has 0 aliphatic rings. The summed E-state index contributed by atoms with van der Waals surface area (Å²) in [6.07, 6.45) is 0.497. The maximum atomic E-state index is 13.2. The van der Waals surface area contributed by atoms with E-state index < -0.39 is 29.9 Å². The smallest absolute Gasteiger partial charge is 0.308 e. The van der Waals surface area contributed by atoms with Crippen LogP contribution >= 0.6 is 0 Å². The van der Waals surface area contributed by atoms with Gasteiger partial charge in [-0.3, -0.25) is 19.2 Å². The van der Waals surface area contributed by atoms with E-state index in [0.717, 1.165) is 16.7 Å². The molecule has 2 N–H and O–H groups in total. The van der Waals surface area contributed by atoms with Crippen molar-refractivity contribution >= 4 is 23.6 Å². The van der Waals surface area contributed by atoms with Crippen LogP contribution in [0.1, 0.15) is 36.5 Å². The van der Waals surface area contributed by atoms with Crippen LogP contribution in [0.25, 0.3) is 0 Å². The molecule has 0 aromatic heterocycles. The first-order valence-corrected chi connectivity index (χ1v) is 12.9. The van der Waals surface area contributed by atoms with Crippen molar-refractivity contribution in [3.8, 4) is 0 Å². The summed E-state index contributed by atoms with van der Waals surface area (Å²) in [5.74, 6) is -2.07. The normalized spacial score (nSPS) is 12.1. The Hall–Kier alpha value is -4.30. The Labute approximate surface area is 228 Å². The predicted octanol–water partition coefficient (Wildman–Crippen LogP) is 3.53. The predicted molar refractivity (Wildman–Crippen MR) is 146 cm³/mol. The first-order chi connectivity index (χ1) is 18.9. The van der Waals surface area contributed by atoms with Gasteiger partial charge in [0.1, 0.15) is 19.3 Å². The van der Waals surface area contributed by atoms with E-state index in [-0.39, 0.29) is 32.0 Å². The van der Waals surface area contributed by atoms with Crippen LogP contribution < -0.4 is 10.6 Å². The number of benzene rings is 3. The van der Waals surface area contributed by atoms with Crippen LogP contribution in [-0.4, -0.2) is 42.3 Å². The van der Waals surface area contributed by atoms with Crippen molar-refractivity contribution in [1.82, 2.24) is 10.6 Å². The van der Waals surface area contributed by atoms with Gasteiger partial charge in [-0.2, -0.15) is 0 Å². The Morgan fingerprint density at radius 3 is 1.79 bits per heavy atom. The molecule has 204 valence electrons. The third-order valence-electron chi connectivity index (χ3n) is 5.93. The average molecular weight is 531 g/mol. The number of hydrogen-bond donors (Lipinski definition) is 2. The summed E-state index contributed by atoms with van der Waals surface area (Å²) in [6, 6.07) is 26.1. The number of ketones is 1.